The molecule has 2 aromatic heterocycles. The van der Waals surface area contributed by atoms with Gasteiger partial charge in [-0.25, -0.2) is 4.98 Å². The molecule has 0 saturated carbocycles. The minimum absolute atomic E-state index is 0.0632. The molecule has 6 nitrogen and oxygen atoms in total. The highest BCUT2D eigenvalue weighted by atomic mass is 32.1. The first-order chi connectivity index (χ1) is 15.1. The number of hydrogen-bond acceptors (Lipinski definition) is 5. The van der Waals surface area contributed by atoms with Crippen molar-refractivity contribution in [2.24, 2.45) is 0 Å². The minimum atomic E-state index is -0.263. The standard InChI is InChI=1S/C24H21N3O3S/c1-27(16-20(28)25-15-19-13-8-14-30-19)24(29)22-21(17-9-4-2-5-10-17)26-23(31-22)18-11-6-3-7-12-18/h2-14H,15-16H2,1H3,(H,25,28). The van der Waals surface area contributed by atoms with E-state index in [4.69, 9.17) is 9.40 Å². The van der Waals surface area contributed by atoms with E-state index in [1.54, 1.807) is 25.4 Å². The summed E-state index contributed by atoms with van der Waals surface area (Å²) in [7, 11) is 1.62. The second kappa shape index (κ2) is 9.40. The van der Waals surface area contributed by atoms with Gasteiger partial charge in [-0.1, -0.05) is 60.7 Å². The maximum absolute atomic E-state index is 13.2. The van der Waals surface area contributed by atoms with Gasteiger partial charge in [0.1, 0.15) is 15.6 Å². The molecule has 0 unspecified atom stereocenters. The lowest BCUT2D eigenvalue weighted by Gasteiger charge is -2.16. The van der Waals surface area contributed by atoms with Gasteiger partial charge in [0.15, 0.2) is 0 Å². The third kappa shape index (κ3) is 4.90. The Morgan fingerprint density at radius 1 is 0.968 bits per heavy atom. The fourth-order valence-corrected chi connectivity index (χ4v) is 4.16. The zero-order chi connectivity index (χ0) is 21.6. The molecule has 4 rings (SSSR count). The predicted molar refractivity (Wildman–Crippen MR) is 121 cm³/mol. The van der Waals surface area contributed by atoms with E-state index in [9.17, 15) is 9.59 Å². The number of aromatic nitrogens is 1. The van der Waals surface area contributed by atoms with E-state index >= 15 is 0 Å². The lowest BCUT2D eigenvalue weighted by atomic mass is 10.1. The van der Waals surface area contributed by atoms with Crippen LogP contribution in [0.4, 0.5) is 0 Å². The molecule has 2 heterocycles. The first kappa shape index (κ1) is 20.6. The van der Waals surface area contributed by atoms with Gasteiger partial charge in [0, 0.05) is 18.2 Å². The molecule has 156 valence electrons. The summed E-state index contributed by atoms with van der Waals surface area (Å²) >= 11 is 1.33. The highest BCUT2D eigenvalue weighted by molar-refractivity contribution is 7.17. The van der Waals surface area contributed by atoms with Crippen molar-refractivity contribution in [1.82, 2.24) is 15.2 Å². The summed E-state index contributed by atoms with van der Waals surface area (Å²) in [6.45, 7) is 0.216. The Hall–Kier alpha value is -3.71. The largest absolute Gasteiger partial charge is 0.467 e. The number of carbonyl (C=O) groups is 2. The van der Waals surface area contributed by atoms with Crippen LogP contribution in [-0.2, 0) is 11.3 Å². The molecule has 0 radical (unpaired) electrons. The van der Waals surface area contributed by atoms with Crippen LogP contribution in [0.5, 0.6) is 0 Å². The summed E-state index contributed by atoms with van der Waals surface area (Å²) in [5, 5.41) is 3.52. The van der Waals surface area contributed by atoms with Gasteiger partial charge in [0.05, 0.1) is 25.0 Å². The molecule has 7 heteroatoms. The number of rotatable bonds is 7. The monoisotopic (exact) mass is 431 g/mol. The zero-order valence-corrected chi connectivity index (χ0v) is 17.8. The maximum Gasteiger partial charge on any atom is 0.266 e. The van der Waals surface area contributed by atoms with Gasteiger partial charge in [-0.2, -0.15) is 0 Å². The number of nitrogens with zero attached hydrogens (tertiary/aromatic N) is 2. The molecule has 4 aromatic rings. The number of amides is 2. The summed E-state index contributed by atoms with van der Waals surface area (Å²) < 4.78 is 5.21. The number of hydrogen-bond donors (Lipinski definition) is 1. The Balaban J connectivity index is 1.55. The summed E-state index contributed by atoms with van der Waals surface area (Å²) in [5.74, 6) is 0.150. The molecular formula is C24H21N3O3S. The van der Waals surface area contributed by atoms with Gasteiger partial charge in [-0.3, -0.25) is 9.59 Å². The smallest absolute Gasteiger partial charge is 0.266 e. The Bertz CT molecular complexity index is 1160. The second-order valence-electron chi connectivity index (χ2n) is 6.95. The van der Waals surface area contributed by atoms with Crippen molar-refractivity contribution in [3.63, 3.8) is 0 Å². The van der Waals surface area contributed by atoms with Crippen molar-refractivity contribution in [3.05, 3.63) is 89.7 Å². The number of thiazole rings is 1. The summed E-state index contributed by atoms with van der Waals surface area (Å²) in [6.07, 6.45) is 1.55. The average molecular weight is 432 g/mol. The fourth-order valence-electron chi connectivity index (χ4n) is 3.08. The second-order valence-corrected chi connectivity index (χ2v) is 7.95. The number of benzene rings is 2. The molecule has 0 spiro atoms. The van der Waals surface area contributed by atoms with Crippen LogP contribution in [0.1, 0.15) is 15.4 Å². The van der Waals surface area contributed by atoms with Gasteiger partial charge in [0.25, 0.3) is 5.91 Å². The molecule has 2 amide bonds. The van der Waals surface area contributed by atoms with Crippen LogP contribution in [0, 0.1) is 0 Å². The number of likely N-dealkylation sites (N-methyl/N-ethyl adjacent to an activating group) is 1. The summed E-state index contributed by atoms with van der Waals surface area (Å²) in [6, 6.07) is 22.9. The number of nitrogens with one attached hydrogen (secondary N) is 1. The molecule has 0 aliphatic carbocycles. The van der Waals surface area contributed by atoms with Crippen LogP contribution in [0.15, 0.2) is 83.5 Å². The van der Waals surface area contributed by atoms with E-state index in [1.165, 1.54) is 16.2 Å². The highest BCUT2D eigenvalue weighted by Crippen LogP contribution is 2.34. The third-order valence-corrected chi connectivity index (χ3v) is 5.75. The van der Waals surface area contributed by atoms with E-state index in [0.717, 1.165) is 16.1 Å². The van der Waals surface area contributed by atoms with Crippen molar-refractivity contribution < 1.29 is 14.0 Å². The number of carbonyl (C=O) groups excluding carboxylic acids is 2. The molecular weight excluding hydrogens is 410 g/mol. The average Bonchev–Trinajstić information content (AvgIpc) is 3.48. The van der Waals surface area contributed by atoms with E-state index in [1.807, 2.05) is 60.7 Å². The van der Waals surface area contributed by atoms with Crippen LogP contribution in [0.2, 0.25) is 0 Å². The summed E-state index contributed by atoms with van der Waals surface area (Å²) in [5.41, 5.74) is 2.43. The van der Waals surface area contributed by atoms with Crippen molar-refractivity contribution in [2.75, 3.05) is 13.6 Å². The van der Waals surface area contributed by atoms with E-state index < -0.39 is 0 Å². The highest BCUT2D eigenvalue weighted by Gasteiger charge is 2.24. The van der Waals surface area contributed by atoms with Crippen molar-refractivity contribution in [2.45, 2.75) is 6.54 Å². The molecule has 0 fully saturated rings. The zero-order valence-electron chi connectivity index (χ0n) is 16.9. The van der Waals surface area contributed by atoms with Crippen LogP contribution >= 0.6 is 11.3 Å². The SMILES string of the molecule is CN(CC(=O)NCc1ccco1)C(=O)c1sc(-c2ccccc2)nc1-c1ccccc1. The van der Waals surface area contributed by atoms with Crippen LogP contribution in [0.25, 0.3) is 21.8 Å². The predicted octanol–water partition coefficient (Wildman–Crippen LogP) is 4.46. The molecule has 1 N–H and O–H groups in total. The van der Waals surface area contributed by atoms with E-state index in [2.05, 4.69) is 5.32 Å². The molecule has 0 bridgehead atoms. The van der Waals surface area contributed by atoms with Crippen LogP contribution in [0.3, 0.4) is 0 Å². The molecule has 31 heavy (non-hydrogen) atoms. The van der Waals surface area contributed by atoms with Crippen molar-refractivity contribution >= 4 is 23.2 Å². The molecule has 2 aromatic carbocycles. The Morgan fingerprint density at radius 2 is 1.65 bits per heavy atom. The first-order valence-corrected chi connectivity index (χ1v) is 10.6. The van der Waals surface area contributed by atoms with Gasteiger partial charge >= 0.3 is 0 Å². The molecule has 0 aliphatic heterocycles. The minimum Gasteiger partial charge on any atom is -0.467 e. The Kier molecular flexibility index (Phi) is 6.24. The Labute approximate surface area is 184 Å². The van der Waals surface area contributed by atoms with Gasteiger partial charge in [-0.15, -0.1) is 11.3 Å². The van der Waals surface area contributed by atoms with Crippen molar-refractivity contribution in [1.29, 1.82) is 0 Å². The quantitative estimate of drug-likeness (QED) is 0.469. The van der Waals surface area contributed by atoms with Crippen LogP contribution < -0.4 is 5.32 Å². The Morgan fingerprint density at radius 3 is 2.29 bits per heavy atom. The van der Waals surface area contributed by atoms with Crippen LogP contribution in [-0.4, -0.2) is 35.3 Å². The summed E-state index contributed by atoms with van der Waals surface area (Å²) in [4.78, 5) is 32.2. The third-order valence-electron chi connectivity index (χ3n) is 4.66. The van der Waals surface area contributed by atoms with Gasteiger partial charge in [-0.05, 0) is 12.1 Å². The molecule has 0 aliphatic rings. The first-order valence-electron chi connectivity index (χ1n) is 9.78. The van der Waals surface area contributed by atoms with Crippen molar-refractivity contribution in [3.8, 4) is 21.8 Å². The van der Waals surface area contributed by atoms with E-state index in [-0.39, 0.29) is 24.9 Å². The fraction of sp³-hybridized carbons (Fsp3) is 0.125. The van der Waals surface area contributed by atoms with Gasteiger partial charge < -0.3 is 14.6 Å². The van der Waals surface area contributed by atoms with E-state index in [0.29, 0.717) is 16.3 Å². The topological polar surface area (TPSA) is 75.4 Å². The maximum atomic E-state index is 13.2. The normalized spacial score (nSPS) is 10.6. The lowest BCUT2D eigenvalue weighted by Crippen LogP contribution is -2.38. The molecule has 0 atom stereocenters. The van der Waals surface area contributed by atoms with Gasteiger partial charge in [0.2, 0.25) is 5.91 Å². The number of furan rings is 1. The lowest BCUT2D eigenvalue weighted by molar-refractivity contribution is -0.121. The molecule has 0 saturated heterocycles.